The van der Waals surface area contributed by atoms with Crippen molar-refractivity contribution in [1.82, 2.24) is 0 Å². The molecule has 0 nitrogen and oxygen atoms in total. The number of benzene rings is 2. The zero-order valence-corrected chi connectivity index (χ0v) is 11.1. The van der Waals surface area contributed by atoms with Crippen LogP contribution in [-0.4, -0.2) is 19.6 Å². The van der Waals surface area contributed by atoms with Gasteiger partial charge in [-0.3, -0.25) is 0 Å². The Balaban J connectivity index is 2.16. The minimum atomic E-state index is -0.904. The van der Waals surface area contributed by atoms with Crippen LogP contribution in [-0.2, 0) is 0 Å². The molecule has 1 fully saturated rings. The van der Waals surface area contributed by atoms with Gasteiger partial charge in [0.25, 0.3) is 0 Å². The Morgan fingerprint density at radius 1 is 0.800 bits per heavy atom. The molecule has 1 heterocycles. The van der Waals surface area contributed by atoms with E-state index in [1.807, 2.05) is 0 Å². The molecule has 0 radical (unpaired) electrons. The molecule has 0 amide bonds. The second kappa shape index (κ2) is 4.16. The quantitative estimate of drug-likeness (QED) is 0.709. The number of hydrogen-bond donors (Lipinski definition) is 0. The monoisotopic (exact) mass is 313 g/mol. The van der Waals surface area contributed by atoms with E-state index in [0.29, 0.717) is 0 Å². The maximum atomic E-state index is 2.39. The predicted molar refractivity (Wildman–Crippen MR) is 68.2 cm³/mol. The van der Waals surface area contributed by atoms with Gasteiger partial charge in [0.1, 0.15) is 0 Å². The fourth-order valence-electron chi connectivity index (χ4n) is 2.32. The molecule has 2 aromatic rings. The Hall–Kier alpha value is -0.510. The van der Waals surface area contributed by atoms with Gasteiger partial charge in [-0.25, -0.2) is 0 Å². The van der Waals surface area contributed by atoms with Gasteiger partial charge in [-0.1, -0.05) is 0 Å². The van der Waals surface area contributed by atoms with Gasteiger partial charge in [-0.05, 0) is 0 Å². The van der Waals surface area contributed by atoms with Crippen molar-refractivity contribution in [2.45, 2.75) is 21.8 Å². The molecule has 0 atom stereocenters. The SMILES string of the molecule is c1ccc2c([Te+]3CCCC3)cccc2c1. The van der Waals surface area contributed by atoms with Crippen LogP contribution in [0.4, 0.5) is 0 Å². The van der Waals surface area contributed by atoms with E-state index >= 15 is 0 Å². The Morgan fingerprint density at radius 3 is 2.40 bits per heavy atom. The summed E-state index contributed by atoms with van der Waals surface area (Å²) in [5.74, 6) is 0. The van der Waals surface area contributed by atoms with E-state index in [0.717, 1.165) is 0 Å². The standard InChI is InChI=1S/C14H15Te/c1-2-8-13-12(6-1)7-5-9-14(13)15-10-3-4-11-15/h1-2,5-9H,3-4,10-11H2/q+1. The molecule has 0 bridgehead atoms. The number of rotatable bonds is 1. The summed E-state index contributed by atoms with van der Waals surface area (Å²) in [4.78, 5) is 0. The van der Waals surface area contributed by atoms with Crippen LogP contribution >= 0.6 is 0 Å². The van der Waals surface area contributed by atoms with E-state index in [9.17, 15) is 0 Å². The van der Waals surface area contributed by atoms with Gasteiger partial charge in [0.05, 0.1) is 0 Å². The molecule has 3 rings (SSSR count). The third-order valence-electron chi connectivity index (χ3n) is 3.09. The van der Waals surface area contributed by atoms with Crippen molar-refractivity contribution in [2.24, 2.45) is 0 Å². The summed E-state index contributed by atoms with van der Waals surface area (Å²) >= 11 is -0.904. The fraction of sp³-hybridized carbons (Fsp3) is 0.286. The average molecular weight is 311 g/mol. The van der Waals surface area contributed by atoms with Gasteiger partial charge >= 0.3 is 98.2 Å². The summed E-state index contributed by atoms with van der Waals surface area (Å²) in [6.07, 6.45) is 2.97. The van der Waals surface area contributed by atoms with Gasteiger partial charge in [0.2, 0.25) is 0 Å². The molecule has 1 heteroatoms. The van der Waals surface area contributed by atoms with Crippen molar-refractivity contribution in [3.8, 4) is 0 Å². The summed E-state index contributed by atoms with van der Waals surface area (Å²) in [5, 5.41) is 2.97. The van der Waals surface area contributed by atoms with E-state index in [1.54, 1.807) is 17.9 Å². The van der Waals surface area contributed by atoms with Crippen LogP contribution in [0.2, 0.25) is 8.94 Å². The van der Waals surface area contributed by atoms with Crippen LogP contribution in [0.15, 0.2) is 42.5 Å². The molecule has 1 aliphatic heterocycles. The van der Waals surface area contributed by atoms with Crippen molar-refractivity contribution < 1.29 is 0 Å². The third-order valence-corrected chi connectivity index (χ3v) is 10.3. The molecule has 0 aromatic heterocycles. The molecule has 0 spiro atoms. The van der Waals surface area contributed by atoms with E-state index in [1.165, 1.54) is 18.2 Å². The first kappa shape index (κ1) is 9.70. The second-order valence-electron chi connectivity index (χ2n) is 4.09. The Labute approximate surface area is 97.9 Å². The number of hydrogen-bond acceptors (Lipinski definition) is 0. The van der Waals surface area contributed by atoms with Crippen LogP contribution in [0.1, 0.15) is 12.8 Å². The van der Waals surface area contributed by atoms with Crippen LogP contribution in [0.25, 0.3) is 10.8 Å². The molecular formula is C14H15Te+. The second-order valence-corrected chi connectivity index (χ2v) is 10.5. The summed E-state index contributed by atoms with van der Waals surface area (Å²) in [7, 11) is 0. The van der Waals surface area contributed by atoms with Gasteiger partial charge in [0.15, 0.2) is 0 Å². The summed E-state index contributed by atoms with van der Waals surface area (Å²) < 4.78 is 4.85. The normalized spacial score (nSPS) is 17.3. The van der Waals surface area contributed by atoms with Crippen LogP contribution in [0.5, 0.6) is 0 Å². The van der Waals surface area contributed by atoms with Gasteiger partial charge in [0, 0.05) is 0 Å². The Bertz CT molecular complexity index is 464. The van der Waals surface area contributed by atoms with E-state index in [4.69, 9.17) is 0 Å². The zero-order chi connectivity index (χ0) is 10.1. The topological polar surface area (TPSA) is 0 Å². The first-order valence-electron chi connectivity index (χ1n) is 5.60. The van der Waals surface area contributed by atoms with Crippen molar-refractivity contribution >= 4 is 33.9 Å². The first-order chi connectivity index (χ1) is 7.45. The predicted octanol–water partition coefficient (Wildman–Crippen LogP) is 3.34. The third kappa shape index (κ3) is 1.80. The van der Waals surface area contributed by atoms with E-state index in [2.05, 4.69) is 42.5 Å². The summed E-state index contributed by atoms with van der Waals surface area (Å²) in [6.45, 7) is 0. The molecule has 0 aliphatic carbocycles. The van der Waals surface area contributed by atoms with Crippen LogP contribution in [0, 0.1) is 0 Å². The van der Waals surface area contributed by atoms with Crippen LogP contribution in [0.3, 0.4) is 0 Å². The molecule has 0 unspecified atom stereocenters. The molecule has 2 aromatic carbocycles. The summed E-state index contributed by atoms with van der Waals surface area (Å²) in [5.41, 5.74) is 0. The van der Waals surface area contributed by atoms with Crippen molar-refractivity contribution in [1.29, 1.82) is 0 Å². The maximum absolute atomic E-state index is 2.39. The Morgan fingerprint density at radius 2 is 1.53 bits per heavy atom. The van der Waals surface area contributed by atoms with Crippen molar-refractivity contribution in [3.63, 3.8) is 0 Å². The Kier molecular flexibility index (Phi) is 2.69. The molecular weight excluding hydrogens is 296 g/mol. The molecule has 1 saturated heterocycles. The molecule has 15 heavy (non-hydrogen) atoms. The molecule has 76 valence electrons. The zero-order valence-electron chi connectivity index (χ0n) is 8.78. The van der Waals surface area contributed by atoms with Gasteiger partial charge in [-0.15, -0.1) is 0 Å². The first-order valence-corrected chi connectivity index (χ1v) is 10.1. The minimum absolute atomic E-state index is 0.904. The van der Waals surface area contributed by atoms with Gasteiger partial charge in [-0.2, -0.15) is 0 Å². The molecule has 1 aliphatic rings. The van der Waals surface area contributed by atoms with Gasteiger partial charge < -0.3 is 0 Å². The van der Waals surface area contributed by atoms with Crippen molar-refractivity contribution in [2.75, 3.05) is 0 Å². The van der Waals surface area contributed by atoms with Crippen molar-refractivity contribution in [3.05, 3.63) is 42.5 Å². The van der Waals surface area contributed by atoms with E-state index in [-0.39, 0.29) is 0 Å². The van der Waals surface area contributed by atoms with Crippen LogP contribution < -0.4 is 3.61 Å². The molecule has 0 N–H and O–H groups in total. The average Bonchev–Trinajstić information content (AvgIpc) is 2.82. The summed E-state index contributed by atoms with van der Waals surface area (Å²) in [6, 6.07) is 15.8. The number of fused-ring (bicyclic) bond motifs is 1. The fourth-order valence-corrected chi connectivity index (χ4v) is 9.51. The molecule has 0 saturated carbocycles. The van der Waals surface area contributed by atoms with E-state index < -0.39 is 19.6 Å².